The Hall–Kier alpha value is -1.55. The number of carbonyl (C=O) groups is 2. The Morgan fingerprint density at radius 1 is 1.05 bits per heavy atom. The van der Waals surface area contributed by atoms with Gasteiger partial charge in [0.15, 0.2) is 0 Å². The van der Waals surface area contributed by atoms with Crippen molar-refractivity contribution >= 4 is 11.9 Å². The predicted octanol–water partition coefficient (Wildman–Crippen LogP) is 1.10. The second-order valence-corrected chi connectivity index (χ2v) is 4.62. The Morgan fingerprint density at radius 3 is 1.76 bits per heavy atom. The van der Waals surface area contributed by atoms with E-state index in [2.05, 4.69) is 0 Å². The van der Waals surface area contributed by atoms with Crippen LogP contribution < -0.4 is 10.4 Å². The van der Waals surface area contributed by atoms with E-state index in [-0.39, 0.29) is 0 Å². The second-order valence-electron chi connectivity index (χ2n) is 4.62. The third-order valence-electron chi connectivity index (χ3n) is 2.33. The van der Waals surface area contributed by atoms with Crippen LogP contribution in [0.25, 0.3) is 0 Å². The van der Waals surface area contributed by atoms with Crippen LogP contribution in [-0.2, 0) is 9.59 Å². The van der Waals surface area contributed by atoms with Crippen LogP contribution in [-0.4, -0.2) is 35.9 Å². The van der Waals surface area contributed by atoms with E-state index < -0.39 is 48.3 Å². The fourth-order valence-corrected chi connectivity index (χ4v) is 1.25. The van der Waals surface area contributed by atoms with Gasteiger partial charge in [-0.15, -0.1) is 0 Å². The molecular weight excluding hydrogens is 315 g/mol. The first kappa shape index (κ1) is 19.4. The number of rotatable bonds is 6. The number of aliphatic carboxylic acids is 1. The van der Waals surface area contributed by atoms with E-state index >= 15 is 0 Å². The Kier molecular flexibility index (Phi) is 5.61. The van der Waals surface area contributed by atoms with E-state index in [4.69, 9.17) is 0 Å². The van der Waals surface area contributed by atoms with Crippen molar-refractivity contribution in [3.05, 3.63) is 0 Å². The van der Waals surface area contributed by atoms with Crippen molar-refractivity contribution in [2.75, 3.05) is 0 Å². The summed E-state index contributed by atoms with van der Waals surface area (Å²) in [6, 6.07) is -2.12. The van der Waals surface area contributed by atoms with Gasteiger partial charge in [0, 0.05) is 0 Å². The van der Waals surface area contributed by atoms with Crippen LogP contribution >= 0.6 is 0 Å². The molecule has 0 rings (SSSR count). The maximum atomic E-state index is 13.0. The van der Waals surface area contributed by atoms with Crippen molar-refractivity contribution < 1.29 is 45.4 Å². The van der Waals surface area contributed by atoms with Gasteiger partial charge in [-0.3, -0.25) is 4.79 Å². The van der Waals surface area contributed by atoms with Crippen molar-refractivity contribution in [3.63, 3.8) is 0 Å². The third-order valence-corrected chi connectivity index (χ3v) is 2.33. The van der Waals surface area contributed by atoms with Gasteiger partial charge < -0.3 is 15.2 Å². The smallest absolute Gasteiger partial charge is 0.460 e. The SMILES string of the molecule is CC(C)C[C@@H](NC(=O)C(F)(F)C(F)(F)C(F)(F)F)C(=O)[O-]. The molecule has 0 bridgehead atoms. The van der Waals surface area contributed by atoms with Gasteiger partial charge in [-0.1, -0.05) is 13.8 Å². The molecular formula is C10H11F7NO3-. The second kappa shape index (κ2) is 6.06. The largest absolute Gasteiger partial charge is 0.548 e. The van der Waals surface area contributed by atoms with Crippen molar-refractivity contribution in [2.24, 2.45) is 5.92 Å². The average molecular weight is 326 g/mol. The molecule has 0 aliphatic rings. The molecule has 0 aromatic rings. The summed E-state index contributed by atoms with van der Waals surface area (Å²) in [5.41, 5.74) is 0. The fourth-order valence-electron chi connectivity index (χ4n) is 1.25. The number of carboxylic acids is 1. The number of amides is 1. The maximum Gasteiger partial charge on any atom is 0.460 e. The summed E-state index contributed by atoms with van der Waals surface area (Å²) in [7, 11) is 0. The number of nitrogens with one attached hydrogen (secondary N) is 1. The summed E-state index contributed by atoms with van der Waals surface area (Å²) in [5.74, 6) is -18.4. The number of alkyl halides is 7. The maximum absolute atomic E-state index is 13.0. The summed E-state index contributed by atoms with van der Waals surface area (Å²) < 4.78 is 86.6. The van der Waals surface area contributed by atoms with Gasteiger partial charge >= 0.3 is 18.0 Å². The summed E-state index contributed by atoms with van der Waals surface area (Å²) >= 11 is 0. The molecule has 4 nitrogen and oxygen atoms in total. The average Bonchev–Trinajstić information content (AvgIpc) is 2.25. The van der Waals surface area contributed by atoms with Crippen molar-refractivity contribution in [3.8, 4) is 0 Å². The molecule has 0 saturated heterocycles. The summed E-state index contributed by atoms with van der Waals surface area (Å²) in [6.45, 7) is 2.81. The minimum atomic E-state index is -6.68. The lowest BCUT2D eigenvalue weighted by atomic mass is 10.0. The molecule has 0 aromatic carbocycles. The molecule has 124 valence electrons. The van der Waals surface area contributed by atoms with Gasteiger partial charge in [-0.25, -0.2) is 0 Å². The van der Waals surface area contributed by atoms with E-state index in [1.54, 1.807) is 0 Å². The zero-order chi connectivity index (χ0) is 17.2. The van der Waals surface area contributed by atoms with Gasteiger partial charge in [-0.05, 0) is 12.3 Å². The van der Waals surface area contributed by atoms with Gasteiger partial charge in [0.1, 0.15) is 0 Å². The number of carbonyl (C=O) groups excluding carboxylic acids is 2. The lowest BCUT2D eigenvalue weighted by Gasteiger charge is -2.29. The van der Waals surface area contributed by atoms with Crippen LogP contribution in [0.15, 0.2) is 0 Å². The van der Waals surface area contributed by atoms with Crippen LogP contribution in [0.2, 0.25) is 0 Å². The highest BCUT2D eigenvalue weighted by Crippen LogP contribution is 2.46. The predicted molar refractivity (Wildman–Crippen MR) is 52.3 cm³/mol. The molecule has 0 aliphatic carbocycles. The minimum Gasteiger partial charge on any atom is -0.548 e. The Morgan fingerprint density at radius 2 is 1.48 bits per heavy atom. The van der Waals surface area contributed by atoms with E-state index in [1.807, 2.05) is 0 Å². The molecule has 1 amide bonds. The molecule has 0 saturated carbocycles. The standard InChI is InChI=1S/C10H12F7NO3/c1-4(2)3-5(6(19)20)18-7(21)8(11,12)9(13,14)10(15,16)17/h4-5H,3H2,1-2H3,(H,18,21)(H,19,20)/p-1/t5-/m1/s1. The number of halogens is 7. The Bertz CT molecular complexity index is 406. The molecule has 21 heavy (non-hydrogen) atoms. The van der Waals surface area contributed by atoms with E-state index in [9.17, 15) is 45.4 Å². The fraction of sp³-hybridized carbons (Fsp3) is 0.800. The zero-order valence-corrected chi connectivity index (χ0v) is 10.7. The van der Waals surface area contributed by atoms with E-state index in [1.165, 1.54) is 13.8 Å². The zero-order valence-electron chi connectivity index (χ0n) is 10.7. The first-order chi connectivity index (χ1) is 9.14. The molecule has 0 radical (unpaired) electrons. The molecule has 1 atom stereocenters. The Labute approximate surface area is 114 Å². The lowest BCUT2D eigenvalue weighted by molar-refractivity contribution is -0.344. The van der Waals surface area contributed by atoms with Gasteiger partial charge in [0.2, 0.25) is 0 Å². The lowest BCUT2D eigenvalue weighted by Crippen LogP contribution is -2.62. The van der Waals surface area contributed by atoms with Crippen LogP contribution in [0.4, 0.5) is 30.7 Å². The minimum absolute atomic E-state index is 0.482. The van der Waals surface area contributed by atoms with Gasteiger partial charge in [-0.2, -0.15) is 30.7 Å². The van der Waals surface area contributed by atoms with E-state index in [0.29, 0.717) is 0 Å². The molecule has 0 spiro atoms. The molecule has 11 heteroatoms. The monoisotopic (exact) mass is 326 g/mol. The summed E-state index contributed by atoms with van der Waals surface area (Å²) in [6.07, 6.45) is -7.16. The topological polar surface area (TPSA) is 69.2 Å². The van der Waals surface area contributed by atoms with Gasteiger partial charge in [0.05, 0.1) is 12.0 Å². The highest BCUT2D eigenvalue weighted by Gasteiger charge is 2.76. The Balaban J connectivity index is 5.27. The molecule has 0 heterocycles. The first-order valence-corrected chi connectivity index (χ1v) is 5.48. The molecule has 0 aliphatic heterocycles. The highest BCUT2D eigenvalue weighted by atomic mass is 19.4. The van der Waals surface area contributed by atoms with Crippen LogP contribution in [0.3, 0.4) is 0 Å². The van der Waals surface area contributed by atoms with Crippen molar-refractivity contribution in [1.82, 2.24) is 5.32 Å². The third kappa shape index (κ3) is 4.21. The molecule has 0 aromatic heterocycles. The highest BCUT2D eigenvalue weighted by molar-refractivity contribution is 5.88. The quantitative estimate of drug-likeness (QED) is 0.743. The summed E-state index contributed by atoms with van der Waals surface area (Å²) in [5, 5.41) is 11.5. The van der Waals surface area contributed by atoms with Crippen LogP contribution in [0.1, 0.15) is 20.3 Å². The summed E-state index contributed by atoms with van der Waals surface area (Å²) in [4.78, 5) is 21.5. The molecule has 0 unspecified atom stereocenters. The normalized spacial score (nSPS) is 15.0. The number of hydrogen-bond acceptors (Lipinski definition) is 3. The first-order valence-electron chi connectivity index (χ1n) is 5.48. The molecule has 0 fully saturated rings. The number of carboxylic acid groups (broad SMARTS) is 1. The van der Waals surface area contributed by atoms with Crippen molar-refractivity contribution in [2.45, 2.75) is 44.3 Å². The number of hydrogen-bond donors (Lipinski definition) is 1. The van der Waals surface area contributed by atoms with Gasteiger partial charge in [0.25, 0.3) is 5.91 Å². The van der Waals surface area contributed by atoms with Crippen LogP contribution in [0.5, 0.6) is 0 Å². The van der Waals surface area contributed by atoms with Crippen molar-refractivity contribution in [1.29, 1.82) is 0 Å². The van der Waals surface area contributed by atoms with Crippen LogP contribution in [0, 0.1) is 5.92 Å². The molecule has 1 N–H and O–H groups in total. The van der Waals surface area contributed by atoms with E-state index in [0.717, 1.165) is 5.32 Å².